The summed E-state index contributed by atoms with van der Waals surface area (Å²) in [7, 11) is 0. The number of aromatic nitrogens is 1. The normalized spacial score (nSPS) is 28.6. The van der Waals surface area contributed by atoms with Crippen molar-refractivity contribution in [3.05, 3.63) is 23.4 Å². The van der Waals surface area contributed by atoms with Gasteiger partial charge in [-0.1, -0.05) is 6.42 Å². The van der Waals surface area contributed by atoms with Crippen molar-refractivity contribution in [2.75, 3.05) is 12.3 Å². The summed E-state index contributed by atoms with van der Waals surface area (Å²) in [5.74, 6) is 2.83. The molecule has 0 radical (unpaired) electrons. The number of aryl methyl sites for hydroxylation is 1. The molecule has 0 aromatic carbocycles. The maximum atomic E-state index is 12.1. The van der Waals surface area contributed by atoms with Crippen LogP contribution in [0.15, 0.2) is 12.1 Å². The maximum absolute atomic E-state index is 12.1. The van der Waals surface area contributed by atoms with E-state index < -0.39 is 0 Å². The maximum Gasteiger partial charge on any atom is 0.251 e. The highest BCUT2D eigenvalue weighted by atomic mass is 16.1. The van der Waals surface area contributed by atoms with E-state index in [0.717, 1.165) is 24.1 Å². The molecule has 3 rings (SSSR count). The lowest BCUT2D eigenvalue weighted by atomic mass is 9.89. The monoisotopic (exact) mass is 259 g/mol. The van der Waals surface area contributed by atoms with E-state index in [1.807, 2.05) is 6.92 Å². The zero-order chi connectivity index (χ0) is 13.4. The minimum Gasteiger partial charge on any atom is -0.384 e. The van der Waals surface area contributed by atoms with Crippen LogP contribution in [-0.2, 0) is 0 Å². The Morgan fingerprint density at radius 2 is 2.26 bits per heavy atom. The first kappa shape index (κ1) is 12.5. The molecule has 0 saturated heterocycles. The first-order valence-electron chi connectivity index (χ1n) is 7.14. The van der Waals surface area contributed by atoms with Crippen LogP contribution in [0.4, 0.5) is 5.82 Å². The van der Waals surface area contributed by atoms with E-state index in [1.54, 1.807) is 12.1 Å². The number of carbonyl (C=O) groups excluding carboxylic acids is 1. The quantitative estimate of drug-likeness (QED) is 0.874. The van der Waals surface area contributed by atoms with Gasteiger partial charge in [-0.2, -0.15) is 0 Å². The van der Waals surface area contributed by atoms with Crippen LogP contribution in [0, 0.1) is 24.7 Å². The minimum absolute atomic E-state index is 0.0278. The summed E-state index contributed by atoms with van der Waals surface area (Å²) in [6.07, 6.45) is 5.42. The number of hydrogen-bond donors (Lipinski definition) is 2. The van der Waals surface area contributed by atoms with Crippen molar-refractivity contribution in [2.24, 2.45) is 17.8 Å². The fourth-order valence-corrected chi connectivity index (χ4v) is 3.78. The van der Waals surface area contributed by atoms with E-state index in [-0.39, 0.29) is 5.91 Å². The van der Waals surface area contributed by atoms with Gasteiger partial charge in [0.15, 0.2) is 0 Å². The summed E-state index contributed by atoms with van der Waals surface area (Å²) in [6, 6.07) is 3.43. The lowest BCUT2D eigenvalue weighted by molar-refractivity contribution is 0.0941. The van der Waals surface area contributed by atoms with Gasteiger partial charge in [-0.15, -0.1) is 0 Å². The Hall–Kier alpha value is -1.58. The summed E-state index contributed by atoms with van der Waals surface area (Å²) < 4.78 is 0. The molecule has 2 fully saturated rings. The molecular formula is C15H21N3O. The van der Waals surface area contributed by atoms with Gasteiger partial charge in [0.1, 0.15) is 5.82 Å². The Bertz CT molecular complexity index is 480. The predicted molar refractivity (Wildman–Crippen MR) is 74.7 cm³/mol. The van der Waals surface area contributed by atoms with Crippen molar-refractivity contribution in [1.82, 2.24) is 10.3 Å². The molecule has 1 aromatic heterocycles. The SMILES string of the molecule is Cc1cc(C(=O)NCC2CC3CCC2C3)cc(N)n1. The highest BCUT2D eigenvalue weighted by Crippen LogP contribution is 2.47. The van der Waals surface area contributed by atoms with E-state index in [9.17, 15) is 4.79 Å². The third-order valence-electron chi connectivity index (χ3n) is 4.64. The zero-order valence-corrected chi connectivity index (χ0v) is 11.4. The molecule has 2 aliphatic carbocycles. The second-order valence-corrected chi connectivity index (χ2v) is 6.07. The molecule has 4 heteroatoms. The number of carbonyl (C=O) groups is 1. The lowest BCUT2D eigenvalue weighted by Gasteiger charge is -2.21. The van der Waals surface area contributed by atoms with Crippen LogP contribution in [0.25, 0.3) is 0 Å². The van der Waals surface area contributed by atoms with E-state index >= 15 is 0 Å². The third kappa shape index (κ3) is 2.57. The summed E-state index contributed by atoms with van der Waals surface area (Å²) in [5, 5.41) is 3.06. The summed E-state index contributed by atoms with van der Waals surface area (Å²) in [6.45, 7) is 2.66. The summed E-state index contributed by atoms with van der Waals surface area (Å²) in [5.41, 5.74) is 7.07. The second kappa shape index (κ2) is 4.83. The van der Waals surface area contributed by atoms with Gasteiger partial charge in [0.25, 0.3) is 5.91 Å². The molecule has 4 nitrogen and oxygen atoms in total. The molecule has 0 aliphatic heterocycles. The van der Waals surface area contributed by atoms with Crippen molar-refractivity contribution >= 4 is 11.7 Å². The molecule has 102 valence electrons. The van der Waals surface area contributed by atoms with Gasteiger partial charge in [-0.05, 0) is 56.1 Å². The van der Waals surface area contributed by atoms with Crippen molar-refractivity contribution in [1.29, 1.82) is 0 Å². The fourth-order valence-electron chi connectivity index (χ4n) is 3.78. The number of nitrogens with two attached hydrogens (primary N) is 1. The summed E-state index contributed by atoms with van der Waals surface area (Å²) >= 11 is 0. The lowest BCUT2D eigenvalue weighted by Crippen LogP contribution is -2.31. The van der Waals surface area contributed by atoms with Crippen LogP contribution in [0.2, 0.25) is 0 Å². The average Bonchev–Trinajstić information content (AvgIpc) is 2.96. The number of nitrogens with one attached hydrogen (secondary N) is 1. The largest absolute Gasteiger partial charge is 0.384 e. The van der Waals surface area contributed by atoms with Crippen molar-refractivity contribution in [3.8, 4) is 0 Å². The fraction of sp³-hybridized carbons (Fsp3) is 0.600. The van der Waals surface area contributed by atoms with Crippen LogP contribution in [0.3, 0.4) is 0 Å². The molecule has 1 aromatic rings. The van der Waals surface area contributed by atoms with E-state index in [2.05, 4.69) is 10.3 Å². The van der Waals surface area contributed by atoms with Gasteiger partial charge >= 0.3 is 0 Å². The van der Waals surface area contributed by atoms with Crippen LogP contribution >= 0.6 is 0 Å². The number of nitrogen functional groups attached to an aromatic ring is 1. The topological polar surface area (TPSA) is 68.0 Å². The van der Waals surface area contributed by atoms with Crippen molar-refractivity contribution in [3.63, 3.8) is 0 Å². The van der Waals surface area contributed by atoms with Gasteiger partial charge < -0.3 is 11.1 Å². The van der Waals surface area contributed by atoms with E-state index in [4.69, 9.17) is 5.73 Å². The van der Waals surface area contributed by atoms with Gasteiger partial charge in [0.2, 0.25) is 0 Å². The van der Waals surface area contributed by atoms with Crippen molar-refractivity contribution in [2.45, 2.75) is 32.6 Å². The molecule has 1 heterocycles. The van der Waals surface area contributed by atoms with E-state index in [1.165, 1.54) is 25.7 Å². The second-order valence-electron chi connectivity index (χ2n) is 6.07. The Morgan fingerprint density at radius 1 is 1.42 bits per heavy atom. The van der Waals surface area contributed by atoms with Crippen LogP contribution in [0.1, 0.15) is 41.7 Å². The molecule has 3 atom stereocenters. The Kier molecular flexibility index (Phi) is 3.17. The Labute approximate surface area is 113 Å². The smallest absolute Gasteiger partial charge is 0.251 e. The van der Waals surface area contributed by atoms with Crippen LogP contribution < -0.4 is 11.1 Å². The first-order chi connectivity index (χ1) is 9.11. The summed E-state index contributed by atoms with van der Waals surface area (Å²) in [4.78, 5) is 16.2. The third-order valence-corrected chi connectivity index (χ3v) is 4.64. The molecule has 2 bridgehead atoms. The van der Waals surface area contributed by atoms with Crippen molar-refractivity contribution < 1.29 is 4.79 Å². The zero-order valence-electron chi connectivity index (χ0n) is 11.4. The number of fused-ring (bicyclic) bond motifs is 2. The standard InChI is InChI=1S/C15H21N3O/c1-9-4-12(7-14(16)18-9)15(19)17-8-13-6-10-2-3-11(13)5-10/h4,7,10-11,13H,2-3,5-6,8H2,1H3,(H2,16,18)(H,17,19). The highest BCUT2D eigenvalue weighted by molar-refractivity contribution is 5.94. The molecule has 2 aliphatic rings. The number of rotatable bonds is 3. The van der Waals surface area contributed by atoms with Crippen LogP contribution in [-0.4, -0.2) is 17.4 Å². The minimum atomic E-state index is -0.0278. The molecular weight excluding hydrogens is 238 g/mol. The first-order valence-corrected chi connectivity index (χ1v) is 7.14. The Morgan fingerprint density at radius 3 is 2.89 bits per heavy atom. The molecule has 1 amide bonds. The number of hydrogen-bond acceptors (Lipinski definition) is 3. The Balaban J connectivity index is 1.59. The molecule has 3 N–H and O–H groups in total. The number of anilines is 1. The van der Waals surface area contributed by atoms with Gasteiger partial charge in [0, 0.05) is 17.8 Å². The highest BCUT2D eigenvalue weighted by Gasteiger charge is 2.39. The van der Waals surface area contributed by atoms with Gasteiger partial charge in [-0.25, -0.2) is 4.98 Å². The number of pyridine rings is 1. The molecule has 19 heavy (non-hydrogen) atoms. The molecule has 3 unspecified atom stereocenters. The number of nitrogens with zero attached hydrogens (tertiary/aromatic N) is 1. The predicted octanol–water partition coefficient (Wildman–Crippen LogP) is 2.14. The molecule has 2 saturated carbocycles. The molecule has 0 spiro atoms. The number of amides is 1. The van der Waals surface area contributed by atoms with Crippen LogP contribution in [0.5, 0.6) is 0 Å². The average molecular weight is 259 g/mol. The van der Waals surface area contributed by atoms with Gasteiger partial charge in [-0.3, -0.25) is 4.79 Å². The van der Waals surface area contributed by atoms with Gasteiger partial charge in [0.05, 0.1) is 0 Å². The van der Waals surface area contributed by atoms with E-state index in [0.29, 0.717) is 17.3 Å².